The molecule has 8 nitrogen and oxygen atoms in total. The number of hydrogen-bond acceptors (Lipinski definition) is 5. The van der Waals surface area contributed by atoms with Gasteiger partial charge in [0.25, 0.3) is 0 Å². The van der Waals surface area contributed by atoms with Crippen LogP contribution < -0.4 is 0 Å². The third-order valence-electron chi connectivity index (χ3n) is 16.1. The molecule has 6 bridgehead atoms. The SMILES string of the molecule is C=S(=O)(c1ccccc1)N1Cc2c(C)cc3c4ccc(cc4)c4c5c(c(C)cc4c4ccc(cc4)c4c6c(c(C)cc4c4ccc(cc4)c3c2C1)CN(S(=O)(=O)c1ccccc1)C6)CN(S(=O)(=O)c1ccccc1)C5. The van der Waals surface area contributed by atoms with Crippen LogP contribution in [0.15, 0.2) is 197 Å². The van der Waals surface area contributed by atoms with E-state index in [1.165, 1.54) is 0 Å². The fourth-order valence-corrected chi connectivity index (χ4v) is 16.5. The summed E-state index contributed by atoms with van der Waals surface area (Å²) >= 11 is 0. The van der Waals surface area contributed by atoms with Crippen molar-refractivity contribution in [1.29, 1.82) is 0 Å². The molecule has 3 aliphatic heterocycles. The average molecular weight is 1040 g/mol. The predicted molar refractivity (Wildman–Crippen MR) is 307 cm³/mol. The van der Waals surface area contributed by atoms with Crippen LogP contribution >= 0.6 is 0 Å². The molecule has 372 valence electrons. The summed E-state index contributed by atoms with van der Waals surface area (Å²) in [5.74, 6) is 4.35. The van der Waals surface area contributed by atoms with E-state index in [1.807, 2.05) is 46.8 Å². The molecule has 0 spiro atoms. The maximum atomic E-state index is 14.8. The summed E-state index contributed by atoms with van der Waals surface area (Å²) in [7, 11) is -10.5. The molecule has 0 saturated carbocycles. The number of sulfonamides is 2. The highest BCUT2D eigenvalue weighted by Crippen LogP contribution is 2.43. The van der Waals surface area contributed by atoms with Crippen molar-refractivity contribution in [2.24, 2.45) is 0 Å². The summed E-state index contributed by atoms with van der Waals surface area (Å²) in [5.41, 5.74) is 9.40. The Morgan fingerprint density at radius 1 is 0.320 bits per heavy atom. The molecule has 0 radical (unpaired) electrons. The second-order valence-corrected chi connectivity index (χ2v) is 26.5. The fraction of sp³-hybridized carbons (Fsp3) is 0.141. The highest BCUT2D eigenvalue weighted by Gasteiger charge is 2.35. The Hall–Kier alpha value is -7.22. The van der Waals surface area contributed by atoms with Crippen molar-refractivity contribution in [1.82, 2.24) is 12.9 Å². The Kier molecular flexibility index (Phi) is 11.2. The molecule has 1 unspecified atom stereocenters. The van der Waals surface area contributed by atoms with Crippen molar-refractivity contribution in [3.05, 3.63) is 232 Å². The van der Waals surface area contributed by atoms with E-state index in [-0.39, 0.29) is 36.0 Å². The average Bonchev–Trinajstić information content (AvgIpc) is 4.22. The van der Waals surface area contributed by atoms with E-state index in [1.54, 1.807) is 57.1 Å². The van der Waals surface area contributed by atoms with Gasteiger partial charge in [-0.3, -0.25) is 0 Å². The van der Waals surface area contributed by atoms with Gasteiger partial charge in [0.05, 0.1) is 19.5 Å². The Bertz CT molecular complexity index is 4040. The fourth-order valence-electron chi connectivity index (χ4n) is 12.1. The minimum absolute atomic E-state index is 0.219. The largest absolute Gasteiger partial charge is 0.248 e. The number of rotatable bonds is 6. The van der Waals surface area contributed by atoms with E-state index in [4.69, 9.17) is 0 Å². The van der Waals surface area contributed by atoms with Crippen LogP contribution in [0.4, 0.5) is 0 Å². The Balaban J connectivity index is 1.11. The van der Waals surface area contributed by atoms with E-state index in [9.17, 15) is 21.0 Å². The van der Waals surface area contributed by atoms with Crippen molar-refractivity contribution >= 4 is 100 Å². The zero-order valence-electron chi connectivity index (χ0n) is 41.9. The van der Waals surface area contributed by atoms with E-state index in [0.29, 0.717) is 18.0 Å². The molecule has 11 heteroatoms. The molecule has 0 N–H and O–H groups in total. The molecular formula is C64H53N3O5S3. The molecule has 0 aromatic heterocycles. The third-order valence-corrected chi connectivity index (χ3v) is 21.8. The van der Waals surface area contributed by atoms with Crippen LogP contribution in [0.5, 0.6) is 0 Å². The molecule has 0 aliphatic carbocycles. The molecule has 3 aliphatic rings. The third kappa shape index (κ3) is 7.70. The first-order valence-corrected chi connectivity index (χ1v) is 29.8. The summed E-state index contributed by atoms with van der Waals surface area (Å²) < 4.78 is 77.3. The number of hydrogen-bond donors (Lipinski definition) is 0. The van der Waals surface area contributed by atoms with Crippen LogP contribution in [-0.2, 0) is 69.0 Å². The zero-order chi connectivity index (χ0) is 51.5. The molecule has 0 amide bonds. The van der Waals surface area contributed by atoms with Gasteiger partial charge in [-0.25, -0.2) is 25.3 Å². The lowest BCUT2D eigenvalue weighted by molar-refractivity contribution is 0.431. The van der Waals surface area contributed by atoms with Gasteiger partial charge in [-0.2, -0.15) is 8.61 Å². The van der Waals surface area contributed by atoms with Crippen LogP contribution in [0.1, 0.15) is 50.1 Å². The Labute approximate surface area is 438 Å². The summed E-state index contributed by atoms with van der Waals surface area (Å²) in [6.07, 6.45) is 0. The van der Waals surface area contributed by atoms with Gasteiger partial charge in [-0.1, -0.05) is 146 Å². The van der Waals surface area contributed by atoms with E-state index >= 15 is 0 Å². The normalized spacial score (nSPS) is 15.9. The van der Waals surface area contributed by atoms with Crippen LogP contribution in [0.25, 0.3) is 64.6 Å². The molecule has 1 atom stereocenters. The Morgan fingerprint density at radius 3 is 0.893 bits per heavy atom. The van der Waals surface area contributed by atoms with Gasteiger partial charge in [0.15, 0.2) is 0 Å². The highest BCUT2D eigenvalue weighted by molar-refractivity contribution is 7.98. The van der Waals surface area contributed by atoms with Crippen molar-refractivity contribution in [2.75, 3.05) is 0 Å². The molecule has 75 heavy (non-hydrogen) atoms. The maximum Gasteiger partial charge on any atom is 0.243 e. The van der Waals surface area contributed by atoms with Crippen molar-refractivity contribution in [3.63, 3.8) is 0 Å². The summed E-state index contributed by atoms with van der Waals surface area (Å²) in [4.78, 5) is 1.23. The summed E-state index contributed by atoms with van der Waals surface area (Å²) in [6, 6.07) is 59.7. The molecule has 3 heterocycles. The second-order valence-electron chi connectivity index (χ2n) is 20.4. The van der Waals surface area contributed by atoms with Crippen LogP contribution in [0, 0.1) is 20.8 Å². The molecular weight excluding hydrogens is 987 g/mol. The number of benzene rings is 9. The van der Waals surface area contributed by atoms with Gasteiger partial charge in [-0.05, 0) is 178 Å². The maximum absolute atomic E-state index is 14.8. The minimum atomic E-state index is -3.82. The lowest BCUT2D eigenvalue weighted by Gasteiger charge is -2.21. The van der Waals surface area contributed by atoms with E-state index < -0.39 is 29.8 Å². The summed E-state index contributed by atoms with van der Waals surface area (Å²) in [6.45, 7) is 8.21. The monoisotopic (exact) mass is 1040 g/mol. The zero-order valence-corrected chi connectivity index (χ0v) is 44.3. The first kappa shape index (κ1) is 47.5. The van der Waals surface area contributed by atoms with Gasteiger partial charge in [0, 0.05) is 44.2 Å². The van der Waals surface area contributed by atoms with Crippen molar-refractivity contribution in [2.45, 2.75) is 74.7 Å². The Morgan fingerprint density at radius 2 is 0.573 bits per heavy atom. The van der Waals surface area contributed by atoms with Gasteiger partial charge in [0.2, 0.25) is 20.0 Å². The van der Waals surface area contributed by atoms with E-state index in [0.717, 1.165) is 115 Å². The van der Waals surface area contributed by atoms with Crippen LogP contribution in [-0.4, -0.2) is 39.8 Å². The quantitative estimate of drug-likeness (QED) is 0.155. The number of nitrogens with zero attached hydrogens (tertiary/aromatic N) is 3. The smallest absolute Gasteiger partial charge is 0.243 e. The highest BCUT2D eigenvalue weighted by atomic mass is 32.2. The first-order chi connectivity index (χ1) is 36.2. The molecule has 13 aromatic carbocycles. The van der Waals surface area contributed by atoms with Crippen molar-refractivity contribution < 1.29 is 21.0 Å². The van der Waals surface area contributed by atoms with Gasteiger partial charge >= 0.3 is 0 Å². The molecule has 16 rings (SSSR count). The lowest BCUT2D eigenvalue weighted by atomic mass is 9.91. The number of fused-ring (bicyclic) bond motifs is 6. The van der Waals surface area contributed by atoms with E-state index in [2.05, 4.69) is 118 Å². The van der Waals surface area contributed by atoms with Crippen LogP contribution in [0.2, 0.25) is 0 Å². The van der Waals surface area contributed by atoms with Gasteiger partial charge in [-0.15, -0.1) is 0 Å². The molecule has 0 fully saturated rings. The van der Waals surface area contributed by atoms with Crippen LogP contribution in [0.3, 0.4) is 0 Å². The van der Waals surface area contributed by atoms with Gasteiger partial charge in [0.1, 0.15) is 0 Å². The molecule has 13 aromatic rings. The summed E-state index contributed by atoms with van der Waals surface area (Å²) in [5, 5.41) is 12.1. The molecule has 0 saturated heterocycles. The second kappa shape index (κ2) is 17.7. The predicted octanol–water partition coefficient (Wildman–Crippen LogP) is 13.6. The minimum Gasteiger partial charge on any atom is -0.248 e. The standard InChI is InChI=1S/C64H53N3O5S3/c1-41-32-53-44-22-28-48(29-23-44)63-55(34-43(3)58-37-66(39-60(58)63)74(69,70)51-16-10-6-11-17-51)46-24-30-49(31-25-46)64-54(33-42(2)57-36-67(40-61(57)64)75(71,72)52-18-12-7-13-19-52)45-20-26-47(27-21-45)62(53)59-38-65(35-56(41)59)73(4,68)50-14-8-5-9-15-50/h5-34H,4,35-40H2,1-3H3. The lowest BCUT2D eigenvalue weighted by Crippen LogP contribution is -2.25. The number of aryl methyl sites for hydroxylation is 3. The van der Waals surface area contributed by atoms with Crippen molar-refractivity contribution in [3.8, 4) is 0 Å². The van der Waals surface area contributed by atoms with Gasteiger partial charge < -0.3 is 0 Å². The first-order valence-electron chi connectivity index (χ1n) is 25.2. The topological polar surface area (TPSA) is 95.1 Å².